The van der Waals surface area contributed by atoms with Crippen molar-refractivity contribution in [2.45, 2.75) is 25.9 Å². The van der Waals surface area contributed by atoms with Crippen LogP contribution in [0.2, 0.25) is 0 Å². The van der Waals surface area contributed by atoms with Crippen molar-refractivity contribution in [2.75, 3.05) is 34.4 Å². The predicted molar refractivity (Wildman–Crippen MR) is 83.1 cm³/mol. The van der Waals surface area contributed by atoms with Crippen molar-refractivity contribution < 1.29 is 14.2 Å². The van der Waals surface area contributed by atoms with E-state index in [1.807, 2.05) is 12.1 Å². The first-order valence-electron chi connectivity index (χ1n) is 7.35. The van der Waals surface area contributed by atoms with Gasteiger partial charge in [-0.05, 0) is 24.9 Å². The Hall–Kier alpha value is -1.46. The van der Waals surface area contributed by atoms with Crippen LogP contribution in [-0.4, -0.2) is 45.4 Å². The largest absolute Gasteiger partial charge is 0.496 e. The first kappa shape index (κ1) is 15.9. The van der Waals surface area contributed by atoms with Crippen LogP contribution in [0.4, 0.5) is 0 Å². The van der Waals surface area contributed by atoms with E-state index in [2.05, 4.69) is 11.8 Å². The number of methoxy groups -OCH3 is 3. The van der Waals surface area contributed by atoms with Gasteiger partial charge in [-0.3, -0.25) is 4.90 Å². The second-order valence-electron chi connectivity index (χ2n) is 5.68. The molecule has 5 heteroatoms. The summed E-state index contributed by atoms with van der Waals surface area (Å²) in [5, 5.41) is 0. The standard InChI is InChI=1S/C16H26N2O3/c1-11-5-6-18(10-13(11)17)9-12-7-15(20-3)16(21-4)8-14(12)19-2/h7-8,11,13H,5-6,9-10,17H2,1-4H3. The number of benzene rings is 1. The Bertz CT molecular complexity index is 479. The Kier molecular flexibility index (Phi) is 5.31. The number of piperidine rings is 1. The minimum Gasteiger partial charge on any atom is -0.496 e. The zero-order valence-electron chi connectivity index (χ0n) is 13.4. The number of nitrogens with two attached hydrogens (primary N) is 1. The van der Waals surface area contributed by atoms with Crippen molar-refractivity contribution in [3.8, 4) is 17.2 Å². The predicted octanol–water partition coefficient (Wildman–Crippen LogP) is 1.88. The molecule has 118 valence electrons. The Morgan fingerprint density at radius 2 is 1.71 bits per heavy atom. The molecule has 0 bridgehead atoms. The van der Waals surface area contributed by atoms with Gasteiger partial charge >= 0.3 is 0 Å². The van der Waals surface area contributed by atoms with E-state index in [-0.39, 0.29) is 6.04 Å². The summed E-state index contributed by atoms with van der Waals surface area (Å²) in [4.78, 5) is 2.37. The zero-order valence-corrected chi connectivity index (χ0v) is 13.4. The van der Waals surface area contributed by atoms with E-state index in [0.29, 0.717) is 11.7 Å². The normalized spacial score (nSPS) is 22.9. The number of nitrogens with zero attached hydrogens (tertiary/aromatic N) is 1. The molecule has 0 aliphatic carbocycles. The smallest absolute Gasteiger partial charge is 0.164 e. The van der Waals surface area contributed by atoms with Gasteiger partial charge in [0.1, 0.15) is 5.75 Å². The molecule has 2 rings (SSSR count). The van der Waals surface area contributed by atoms with Gasteiger partial charge in [-0.25, -0.2) is 0 Å². The minimum atomic E-state index is 0.241. The highest BCUT2D eigenvalue weighted by Gasteiger charge is 2.24. The summed E-state index contributed by atoms with van der Waals surface area (Å²) in [5.74, 6) is 2.82. The van der Waals surface area contributed by atoms with Gasteiger partial charge in [-0.15, -0.1) is 0 Å². The maximum Gasteiger partial charge on any atom is 0.164 e. The Morgan fingerprint density at radius 3 is 2.29 bits per heavy atom. The van der Waals surface area contributed by atoms with Crippen LogP contribution in [0.15, 0.2) is 12.1 Å². The summed E-state index contributed by atoms with van der Waals surface area (Å²) >= 11 is 0. The minimum absolute atomic E-state index is 0.241. The second kappa shape index (κ2) is 7.00. The van der Waals surface area contributed by atoms with Gasteiger partial charge in [0.25, 0.3) is 0 Å². The van der Waals surface area contributed by atoms with Crippen LogP contribution in [-0.2, 0) is 6.54 Å². The Morgan fingerprint density at radius 1 is 1.10 bits per heavy atom. The van der Waals surface area contributed by atoms with E-state index in [1.54, 1.807) is 21.3 Å². The SMILES string of the molecule is COc1cc(OC)c(OC)cc1CN1CCC(C)C(N)C1. The van der Waals surface area contributed by atoms with Gasteiger partial charge < -0.3 is 19.9 Å². The van der Waals surface area contributed by atoms with E-state index < -0.39 is 0 Å². The van der Waals surface area contributed by atoms with Crippen molar-refractivity contribution in [3.63, 3.8) is 0 Å². The Balaban J connectivity index is 2.18. The third-order valence-electron chi connectivity index (χ3n) is 4.28. The van der Waals surface area contributed by atoms with Gasteiger partial charge in [0.05, 0.1) is 21.3 Å². The van der Waals surface area contributed by atoms with Crippen molar-refractivity contribution in [2.24, 2.45) is 11.7 Å². The third kappa shape index (κ3) is 3.60. The molecule has 5 nitrogen and oxygen atoms in total. The quantitative estimate of drug-likeness (QED) is 0.898. The van der Waals surface area contributed by atoms with E-state index in [1.165, 1.54) is 0 Å². The van der Waals surface area contributed by atoms with E-state index in [4.69, 9.17) is 19.9 Å². The van der Waals surface area contributed by atoms with Crippen LogP contribution in [0.5, 0.6) is 17.2 Å². The second-order valence-corrected chi connectivity index (χ2v) is 5.68. The molecule has 0 amide bonds. The number of ether oxygens (including phenoxy) is 3. The molecular formula is C16H26N2O3. The van der Waals surface area contributed by atoms with Crippen LogP contribution in [0.3, 0.4) is 0 Å². The number of rotatable bonds is 5. The fraction of sp³-hybridized carbons (Fsp3) is 0.625. The van der Waals surface area contributed by atoms with Gasteiger partial charge in [0.2, 0.25) is 0 Å². The summed E-state index contributed by atoms with van der Waals surface area (Å²) in [7, 11) is 4.95. The van der Waals surface area contributed by atoms with Crippen LogP contribution in [0.1, 0.15) is 18.9 Å². The Labute approximate surface area is 127 Å². The highest BCUT2D eigenvalue weighted by molar-refractivity contribution is 5.50. The molecule has 1 fully saturated rings. The molecule has 1 saturated heterocycles. The molecule has 0 radical (unpaired) electrons. The van der Waals surface area contributed by atoms with Gasteiger partial charge in [0.15, 0.2) is 11.5 Å². The molecule has 0 aromatic heterocycles. The lowest BCUT2D eigenvalue weighted by molar-refractivity contribution is 0.160. The monoisotopic (exact) mass is 294 g/mol. The lowest BCUT2D eigenvalue weighted by atomic mass is 9.94. The molecular weight excluding hydrogens is 268 g/mol. The van der Waals surface area contributed by atoms with Crippen molar-refractivity contribution in [3.05, 3.63) is 17.7 Å². The molecule has 1 aliphatic rings. The average Bonchev–Trinajstić information content (AvgIpc) is 2.50. The topological polar surface area (TPSA) is 57.0 Å². The lowest BCUT2D eigenvalue weighted by Crippen LogP contribution is -2.47. The number of hydrogen-bond donors (Lipinski definition) is 1. The fourth-order valence-corrected chi connectivity index (χ4v) is 2.77. The van der Waals surface area contributed by atoms with Crippen LogP contribution in [0, 0.1) is 5.92 Å². The highest BCUT2D eigenvalue weighted by atomic mass is 16.5. The van der Waals surface area contributed by atoms with Crippen molar-refractivity contribution in [1.29, 1.82) is 0 Å². The van der Waals surface area contributed by atoms with E-state index >= 15 is 0 Å². The highest BCUT2D eigenvalue weighted by Crippen LogP contribution is 2.35. The molecule has 0 spiro atoms. The summed E-state index contributed by atoms with van der Waals surface area (Å²) < 4.78 is 16.2. The molecule has 0 saturated carbocycles. The maximum atomic E-state index is 6.18. The van der Waals surface area contributed by atoms with Crippen LogP contribution >= 0.6 is 0 Å². The van der Waals surface area contributed by atoms with Crippen molar-refractivity contribution >= 4 is 0 Å². The maximum absolute atomic E-state index is 6.18. The summed E-state index contributed by atoms with van der Waals surface area (Å²) in [5.41, 5.74) is 7.27. The average molecular weight is 294 g/mol. The molecule has 1 aromatic carbocycles. The molecule has 2 atom stereocenters. The van der Waals surface area contributed by atoms with E-state index in [0.717, 1.165) is 43.1 Å². The first-order chi connectivity index (χ1) is 10.1. The number of likely N-dealkylation sites (tertiary alicyclic amines) is 1. The fourth-order valence-electron chi connectivity index (χ4n) is 2.77. The molecule has 1 aliphatic heterocycles. The van der Waals surface area contributed by atoms with E-state index in [9.17, 15) is 0 Å². The van der Waals surface area contributed by atoms with Crippen molar-refractivity contribution in [1.82, 2.24) is 4.90 Å². The van der Waals surface area contributed by atoms with Gasteiger partial charge in [-0.1, -0.05) is 6.92 Å². The first-order valence-corrected chi connectivity index (χ1v) is 7.35. The molecule has 1 aromatic rings. The van der Waals surface area contributed by atoms with Gasteiger partial charge in [0, 0.05) is 30.8 Å². The molecule has 2 N–H and O–H groups in total. The number of hydrogen-bond acceptors (Lipinski definition) is 5. The zero-order chi connectivity index (χ0) is 15.4. The summed E-state index contributed by atoms with van der Waals surface area (Å²) in [6.45, 7) is 5.01. The lowest BCUT2D eigenvalue weighted by Gasteiger charge is -2.35. The summed E-state index contributed by atoms with van der Waals surface area (Å²) in [6.07, 6.45) is 1.14. The molecule has 1 heterocycles. The molecule has 2 unspecified atom stereocenters. The molecule has 21 heavy (non-hydrogen) atoms. The summed E-state index contributed by atoms with van der Waals surface area (Å²) in [6, 6.07) is 4.10. The van der Waals surface area contributed by atoms with Crippen LogP contribution in [0.25, 0.3) is 0 Å². The van der Waals surface area contributed by atoms with Crippen LogP contribution < -0.4 is 19.9 Å². The van der Waals surface area contributed by atoms with Gasteiger partial charge in [-0.2, -0.15) is 0 Å². The third-order valence-corrected chi connectivity index (χ3v) is 4.28.